The van der Waals surface area contributed by atoms with Crippen molar-refractivity contribution in [3.63, 3.8) is 0 Å². The monoisotopic (exact) mass is 393 g/mol. The molecule has 1 atom stereocenters. The third-order valence-electron chi connectivity index (χ3n) is 3.84. The number of carbonyl (C=O) groups excluding carboxylic acids is 1. The highest BCUT2D eigenvalue weighted by Crippen LogP contribution is 2.32. The molecular weight excluding hydrogens is 373 g/mol. The van der Waals surface area contributed by atoms with Crippen molar-refractivity contribution in [1.29, 1.82) is 0 Å². The lowest BCUT2D eigenvalue weighted by atomic mass is 10.1. The van der Waals surface area contributed by atoms with Gasteiger partial charge < -0.3 is 10.2 Å². The number of amides is 1. The number of likely N-dealkylation sites (N-methyl/N-ethyl adjacent to an activating group) is 1. The summed E-state index contributed by atoms with van der Waals surface area (Å²) in [6.45, 7) is 3.57. The molecule has 3 heterocycles. The molecule has 1 aliphatic heterocycles. The van der Waals surface area contributed by atoms with E-state index in [9.17, 15) is 4.79 Å². The number of rotatable bonds is 3. The lowest BCUT2D eigenvalue weighted by molar-refractivity contribution is 0.0702. The van der Waals surface area contributed by atoms with E-state index >= 15 is 0 Å². The maximum absolute atomic E-state index is 12.7. The Morgan fingerprint density at radius 2 is 2.22 bits per heavy atom. The summed E-state index contributed by atoms with van der Waals surface area (Å²) in [5.41, 5.74) is 0.847. The fraction of sp³-hybridized carbons (Fsp3) is 0.467. The van der Waals surface area contributed by atoms with Crippen LogP contribution in [0.5, 0.6) is 0 Å². The minimum absolute atomic E-state index is 0. The van der Waals surface area contributed by atoms with Crippen LogP contribution in [0.25, 0.3) is 9.88 Å². The number of likely N-dealkylation sites (tertiary alicyclic amines) is 1. The molecule has 4 nitrogen and oxygen atoms in total. The van der Waals surface area contributed by atoms with E-state index in [-0.39, 0.29) is 30.7 Å². The molecule has 1 aliphatic rings. The highest BCUT2D eigenvalue weighted by molar-refractivity contribution is 7.22. The number of thiophene rings is 1. The molecule has 2 aromatic heterocycles. The first kappa shape index (κ1) is 20.4. The van der Waals surface area contributed by atoms with Crippen molar-refractivity contribution in [2.75, 3.05) is 20.1 Å². The fourth-order valence-corrected chi connectivity index (χ4v) is 4.47. The number of aryl methyl sites for hydroxylation is 1. The SMILES string of the molecule is CNC1CCCN(C(=O)c2sc(-c3cccs3)nc2C)C1.Cl.Cl. The van der Waals surface area contributed by atoms with Gasteiger partial charge in [0.2, 0.25) is 0 Å². The number of thiazole rings is 1. The largest absolute Gasteiger partial charge is 0.336 e. The highest BCUT2D eigenvalue weighted by atomic mass is 35.5. The molecule has 8 heteroatoms. The van der Waals surface area contributed by atoms with E-state index in [1.54, 1.807) is 11.3 Å². The third-order valence-corrected chi connectivity index (χ3v) is 6.02. The zero-order valence-electron chi connectivity index (χ0n) is 13.1. The number of hydrogen-bond donors (Lipinski definition) is 1. The average Bonchev–Trinajstić information content (AvgIpc) is 3.16. The molecule has 0 aliphatic carbocycles. The molecule has 0 radical (unpaired) electrons. The van der Waals surface area contributed by atoms with E-state index in [1.807, 2.05) is 30.3 Å². The van der Waals surface area contributed by atoms with Crippen LogP contribution < -0.4 is 5.32 Å². The lowest BCUT2D eigenvalue weighted by Gasteiger charge is -2.32. The van der Waals surface area contributed by atoms with Gasteiger partial charge in [0, 0.05) is 19.1 Å². The Labute approximate surface area is 157 Å². The molecule has 23 heavy (non-hydrogen) atoms. The Balaban J connectivity index is 0.00000132. The second-order valence-corrected chi connectivity index (χ2v) is 7.24. The summed E-state index contributed by atoms with van der Waals surface area (Å²) in [5, 5.41) is 6.27. The topological polar surface area (TPSA) is 45.2 Å². The van der Waals surface area contributed by atoms with Crippen molar-refractivity contribution >= 4 is 53.4 Å². The molecule has 0 bridgehead atoms. The predicted molar refractivity (Wildman–Crippen MR) is 103 cm³/mol. The van der Waals surface area contributed by atoms with Crippen molar-refractivity contribution in [3.05, 3.63) is 28.1 Å². The van der Waals surface area contributed by atoms with Crippen LogP contribution in [0.15, 0.2) is 17.5 Å². The molecule has 2 aromatic rings. The molecule has 128 valence electrons. The summed E-state index contributed by atoms with van der Waals surface area (Å²) in [4.78, 5) is 21.2. The van der Waals surface area contributed by atoms with Crippen LogP contribution in [0.1, 0.15) is 28.2 Å². The first-order valence-electron chi connectivity index (χ1n) is 7.17. The predicted octanol–water partition coefficient (Wildman–Crippen LogP) is 3.85. The number of hydrogen-bond acceptors (Lipinski definition) is 5. The van der Waals surface area contributed by atoms with E-state index in [0.717, 1.165) is 46.4 Å². The molecule has 0 saturated carbocycles. The summed E-state index contributed by atoms with van der Waals surface area (Å²) in [6, 6.07) is 4.47. The van der Waals surface area contributed by atoms with Gasteiger partial charge >= 0.3 is 0 Å². The molecule has 1 amide bonds. The van der Waals surface area contributed by atoms with E-state index < -0.39 is 0 Å². The van der Waals surface area contributed by atoms with E-state index in [1.165, 1.54) is 11.3 Å². The Morgan fingerprint density at radius 3 is 2.87 bits per heavy atom. The van der Waals surface area contributed by atoms with Gasteiger partial charge in [0.25, 0.3) is 5.91 Å². The van der Waals surface area contributed by atoms with Crippen LogP contribution in [0, 0.1) is 6.92 Å². The first-order chi connectivity index (χ1) is 10.2. The summed E-state index contributed by atoms with van der Waals surface area (Å²) < 4.78 is 0. The van der Waals surface area contributed by atoms with Gasteiger partial charge in [0.05, 0.1) is 10.6 Å². The van der Waals surface area contributed by atoms with Crippen LogP contribution in [0.2, 0.25) is 0 Å². The van der Waals surface area contributed by atoms with Gasteiger partial charge in [-0.15, -0.1) is 47.5 Å². The van der Waals surface area contributed by atoms with E-state index in [4.69, 9.17) is 0 Å². The summed E-state index contributed by atoms with van der Waals surface area (Å²) in [7, 11) is 1.96. The molecule has 0 spiro atoms. The van der Waals surface area contributed by atoms with Crippen LogP contribution >= 0.6 is 47.5 Å². The Kier molecular flexibility index (Phi) is 7.97. The van der Waals surface area contributed by atoms with E-state index in [0.29, 0.717) is 6.04 Å². The molecular formula is C15H21Cl2N3OS2. The minimum atomic E-state index is 0. The van der Waals surface area contributed by atoms with Gasteiger partial charge in [0.15, 0.2) is 0 Å². The van der Waals surface area contributed by atoms with Crippen LogP contribution in [0.4, 0.5) is 0 Å². The van der Waals surface area contributed by atoms with Crippen molar-refractivity contribution in [1.82, 2.24) is 15.2 Å². The molecule has 1 saturated heterocycles. The third kappa shape index (κ3) is 4.45. The summed E-state index contributed by atoms with van der Waals surface area (Å²) in [6.07, 6.45) is 2.20. The van der Waals surface area contributed by atoms with Gasteiger partial charge in [-0.1, -0.05) is 6.07 Å². The van der Waals surface area contributed by atoms with Crippen molar-refractivity contribution < 1.29 is 4.79 Å². The standard InChI is InChI=1S/C15H19N3OS2.2ClH/c1-10-13(21-14(17-10)12-6-4-8-20-12)15(19)18-7-3-5-11(9-18)16-2;;/h4,6,8,11,16H,3,5,7,9H2,1-2H3;2*1H. The van der Waals surface area contributed by atoms with Gasteiger partial charge in [-0.25, -0.2) is 4.98 Å². The zero-order chi connectivity index (χ0) is 14.8. The van der Waals surface area contributed by atoms with E-state index in [2.05, 4.69) is 16.4 Å². The smallest absolute Gasteiger partial charge is 0.265 e. The van der Waals surface area contributed by atoms with Crippen LogP contribution in [0.3, 0.4) is 0 Å². The maximum atomic E-state index is 12.7. The van der Waals surface area contributed by atoms with Crippen molar-refractivity contribution in [2.24, 2.45) is 0 Å². The summed E-state index contributed by atoms with van der Waals surface area (Å²) in [5.74, 6) is 0.132. The zero-order valence-corrected chi connectivity index (χ0v) is 16.3. The number of carbonyl (C=O) groups is 1. The second-order valence-electron chi connectivity index (χ2n) is 5.29. The Bertz CT molecular complexity index is 631. The van der Waals surface area contributed by atoms with Gasteiger partial charge in [-0.05, 0) is 38.3 Å². The molecule has 1 unspecified atom stereocenters. The number of piperidine rings is 1. The normalized spacial score (nSPS) is 17.3. The number of halogens is 2. The first-order valence-corrected chi connectivity index (χ1v) is 8.86. The maximum Gasteiger partial charge on any atom is 0.265 e. The second kappa shape index (κ2) is 8.99. The van der Waals surface area contributed by atoms with Crippen LogP contribution in [-0.4, -0.2) is 42.0 Å². The van der Waals surface area contributed by atoms with Crippen molar-refractivity contribution in [2.45, 2.75) is 25.8 Å². The summed E-state index contributed by atoms with van der Waals surface area (Å²) >= 11 is 3.18. The Morgan fingerprint density at radius 1 is 1.43 bits per heavy atom. The highest BCUT2D eigenvalue weighted by Gasteiger charge is 2.26. The molecule has 3 rings (SSSR count). The minimum Gasteiger partial charge on any atom is -0.336 e. The average molecular weight is 394 g/mol. The quantitative estimate of drug-likeness (QED) is 0.860. The lowest BCUT2D eigenvalue weighted by Crippen LogP contribution is -2.46. The number of nitrogens with one attached hydrogen (secondary N) is 1. The molecule has 1 fully saturated rings. The number of nitrogens with zero attached hydrogens (tertiary/aromatic N) is 2. The van der Waals surface area contributed by atoms with Gasteiger partial charge in [-0.2, -0.15) is 0 Å². The Hall–Kier alpha value is -0.660. The molecule has 1 N–H and O–H groups in total. The van der Waals surface area contributed by atoms with Crippen molar-refractivity contribution in [3.8, 4) is 9.88 Å². The van der Waals surface area contributed by atoms with Gasteiger partial charge in [-0.3, -0.25) is 4.79 Å². The fourth-order valence-electron chi connectivity index (χ4n) is 2.64. The number of aromatic nitrogens is 1. The van der Waals surface area contributed by atoms with Gasteiger partial charge in [0.1, 0.15) is 9.88 Å². The van der Waals surface area contributed by atoms with Crippen LogP contribution in [-0.2, 0) is 0 Å². The molecule has 0 aromatic carbocycles.